The summed E-state index contributed by atoms with van der Waals surface area (Å²) < 4.78 is 10.8. The van der Waals surface area contributed by atoms with E-state index in [1.807, 2.05) is 12.2 Å². The van der Waals surface area contributed by atoms with Crippen molar-refractivity contribution in [3.63, 3.8) is 0 Å². The van der Waals surface area contributed by atoms with Crippen molar-refractivity contribution in [2.24, 2.45) is 0 Å². The fourth-order valence-corrected chi connectivity index (χ4v) is 3.97. The largest absolute Gasteiger partial charge is 0.507 e. The van der Waals surface area contributed by atoms with Gasteiger partial charge in [0.15, 0.2) is 0 Å². The molecular formula is C24H16O6. The van der Waals surface area contributed by atoms with Gasteiger partial charge in [-0.15, -0.1) is 0 Å². The van der Waals surface area contributed by atoms with E-state index >= 15 is 0 Å². The molecule has 5 rings (SSSR count). The van der Waals surface area contributed by atoms with Crippen LogP contribution in [0, 0.1) is 0 Å². The van der Waals surface area contributed by atoms with E-state index in [4.69, 9.17) is 8.83 Å². The van der Waals surface area contributed by atoms with Crippen LogP contribution in [-0.2, 0) is 0 Å². The van der Waals surface area contributed by atoms with Gasteiger partial charge in [-0.05, 0) is 36.3 Å². The molecule has 0 saturated heterocycles. The molecule has 0 atom stereocenters. The summed E-state index contributed by atoms with van der Waals surface area (Å²) in [5, 5.41) is 22.7. The fraction of sp³-hybridized carbons (Fsp3) is 0.0833. The van der Waals surface area contributed by atoms with Crippen LogP contribution in [0.1, 0.15) is 23.5 Å². The van der Waals surface area contributed by atoms with Gasteiger partial charge in [0.25, 0.3) is 0 Å². The maximum absolute atomic E-state index is 12.9. The highest BCUT2D eigenvalue weighted by atomic mass is 16.4. The van der Waals surface area contributed by atoms with Gasteiger partial charge in [0.1, 0.15) is 22.7 Å². The van der Waals surface area contributed by atoms with Crippen LogP contribution in [-0.4, -0.2) is 10.2 Å². The molecule has 0 amide bonds. The zero-order valence-electron chi connectivity index (χ0n) is 15.7. The Bertz CT molecular complexity index is 1390. The summed E-state index contributed by atoms with van der Waals surface area (Å²) in [4.78, 5) is 25.8. The van der Waals surface area contributed by atoms with Crippen LogP contribution in [0.2, 0.25) is 0 Å². The maximum atomic E-state index is 12.9. The molecule has 6 heteroatoms. The van der Waals surface area contributed by atoms with Crippen molar-refractivity contribution in [1.29, 1.82) is 0 Å². The highest BCUT2D eigenvalue weighted by Crippen LogP contribution is 2.43. The Labute approximate surface area is 169 Å². The first kappa shape index (κ1) is 18.0. The van der Waals surface area contributed by atoms with Gasteiger partial charge in [0.05, 0.1) is 27.8 Å². The minimum atomic E-state index is -1.05. The second-order valence-electron chi connectivity index (χ2n) is 7.07. The lowest BCUT2D eigenvalue weighted by Crippen LogP contribution is -2.21. The van der Waals surface area contributed by atoms with Crippen LogP contribution < -0.4 is 11.3 Å². The summed E-state index contributed by atoms with van der Waals surface area (Å²) in [6, 6.07) is 13.2. The second-order valence-corrected chi connectivity index (χ2v) is 7.07. The van der Waals surface area contributed by atoms with E-state index in [2.05, 4.69) is 0 Å². The molecule has 0 spiro atoms. The SMILES string of the molecule is O=c1oc2ccccc2c(O)c1C(C1=CCC=C1)c1c(O)c2ccccc2oc1=O. The third-order valence-electron chi connectivity index (χ3n) is 5.35. The average Bonchev–Trinajstić information content (AvgIpc) is 3.27. The van der Waals surface area contributed by atoms with Crippen molar-refractivity contribution in [1.82, 2.24) is 0 Å². The Hall–Kier alpha value is -4.06. The van der Waals surface area contributed by atoms with Crippen molar-refractivity contribution in [2.75, 3.05) is 0 Å². The molecule has 0 radical (unpaired) electrons. The molecule has 30 heavy (non-hydrogen) atoms. The van der Waals surface area contributed by atoms with E-state index in [0.717, 1.165) is 0 Å². The molecule has 2 aromatic carbocycles. The predicted molar refractivity (Wildman–Crippen MR) is 112 cm³/mol. The Balaban J connectivity index is 1.89. The van der Waals surface area contributed by atoms with Gasteiger partial charge < -0.3 is 19.0 Å². The van der Waals surface area contributed by atoms with E-state index in [-0.39, 0.29) is 33.8 Å². The summed E-state index contributed by atoms with van der Waals surface area (Å²) in [7, 11) is 0. The van der Waals surface area contributed by atoms with Crippen molar-refractivity contribution in [2.45, 2.75) is 12.3 Å². The number of hydrogen-bond donors (Lipinski definition) is 2. The van der Waals surface area contributed by atoms with Crippen molar-refractivity contribution in [3.8, 4) is 11.5 Å². The summed E-state index contributed by atoms with van der Waals surface area (Å²) in [6.07, 6.45) is 6.05. The topological polar surface area (TPSA) is 101 Å². The molecule has 2 heterocycles. The third kappa shape index (κ3) is 2.65. The zero-order chi connectivity index (χ0) is 20.8. The van der Waals surface area contributed by atoms with Crippen LogP contribution in [0.4, 0.5) is 0 Å². The quantitative estimate of drug-likeness (QED) is 0.497. The fourth-order valence-electron chi connectivity index (χ4n) is 3.97. The first-order chi connectivity index (χ1) is 14.6. The lowest BCUT2D eigenvalue weighted by atomic mass is 9.84. The average molecular weight is 400 g/mol. The second kappa shape index (κ2) is 6.77. The molecule has 2 aromatic heterocycles. The predicted octanol–water partition coefficient (Wildman–Crippen LogP) is 4.33. The van der Waals surface area contributed by atoms with Crippen LogP contribution >= 0.6 is 0 Å². The number of rotatable bonds is 3. The van der Waals surface area contributed by atoms with Crippen LogP contribution in [0.3, 0.4) is 0 Å². The van der Waals surface area contributed by atoms with Gasteiger partial charge in [-0.25, -0.2) is 9.59 Å². The maximum Gasteiger partial charge on any atom is 0.344 e. The molecular weight excluding hydrogens is 384 g/mol. The normalized spacial score (nSPS) is 13.4. The number of aromatic hydroxyl groups is 2. The number of hydrogen-bond acceptors (Lipinski definition) is 6. The Kier molecular flexibility index (Phi) is 4.06. The molecule has 4 aromatic rings. The first-order valence-electron chi connectivity index (χ1n) is 9.42. The van der Waals surface area contributed by atoms with Crippen LogP contribution in [0.5, 0.6) is 11.5 Å². The highest BCUT2D eigenvalue weighted by molar-refractivity contribution is 5.87. The lowest BCUT2D eigenvalue weighted by molar-refractivity contribution is 0.441. The van der Waals surface area contributed by atoms with E-state index in [9.17, 15) is 19.8 Å². The standard InChI is InChI=1S/C24H16O6/c25-21-14-9-3-5-11-16(14)29-23(27)19(21)18(13-7-1-2-8-13)20-22(26)15-10-4-6-12-17(15)30-24(20)28/h1,3-12,18,25-26H,2H2. The van der Waals surface area contributed by atoms with E-state index in [1.165, 1.54) is 0 Å². The minimum absolute atomic E-state index is 0.121. The van der Waals surface area contributed by atoms with E-state index in [1.54, 1.807) is 54.6 Å². The summed E-state index contributed by atoms with van der Waals surface area (Å²) >= 11 is 0. The minimum Gasteiger partial charge on any atom is -0.507 e. The number of para-hydroxylation sites is 2. The van der Waals surface area contributed by atoms with Gasteiger partial charge in [-0.1, -0.05) is 42.5 Å². The zero-order valence-corrected chi connectivity index (χ0v) is 15.7. The molecule has 6 nitrogen and oxygen atoms in total. The van der Waals surface area contributed by atoms with Gasteiger partial charge >= 0.3 is 11.3 Å². The highest BCUT2D eigenvalue weighted by Gasteiger charge is 2.33. The number of fused-ring (bicyclic) bond motifs is 2. The number of benzene rings is 2. The van der Waals surface area contributed by atoms with Gasteiger partial charge in [-0.3, -0.25) is 0 Å². The molecule has 0 saturated carbocycles. The summed E-state index contributed by atoms with van der Waals surface area (Å²) in [5.74, 6) is -1.63. The van der Waals surface area contributed by atoms with Gasteiger partial charge in [0.2, 0.25) is 0 Å². The molecule has 2 N–H and O–H groups in total. The summed E-state index contributed by atoms with van der Waals surface area (Å²) in [6.45, 7) is 0. The Morgan fingerprint density at radius 2 is 1.27 bits per heavy atom. The van der Waals surface area contributed by atoms with Crippen LogP contribution in [0.15, 0.2) is 90.8 Å². The molecule has 0 unspecified atom stereocenters. The van der Waals surface area contributed by atoms with Crippen molar-refractivity contribution >= 4 is 21.9 Å². The summed E-state index contributed by atoms with van der Waals surface area (Å²) in [5.41, 5.74) is -0.769. The van der Waals surface area contributed by atoms with E-state index in [0.29, 0.717) is 22.8 Å². The number of allylic oxidation sites excluding steroid dienone is 4. The van der Waals surface area contributed by atoms with Crippen LogP contribution in [0.25, 0.3) is 21.9 Å². The molecule has 0 aliphatic heterocycles. The molecule has 1 aliphatic carbocycles. The van der Waals surface area contributed by atoms with Gasteiger partial charge in [0, 0.05) is 0 Å². The third-order valence-corrected chi connectivity index (χ3v) is 5.35. The monoisotopic (exact) mass is 400 g/mol. The molecule has 1 aliphatic rings. The molecule has 0 bridgehead atoms. The molecule has 0 fully saturated rings. The van der Waals surface area contributed by atoms with Crippen molar-refractivity contribution < 1.29 is 19.0 Å². The van der Waals surface area contributed by atoms with E-state index < -0.39 is 17.2 Å². The molecule has 148 valence electrons. The lowest BCUT2D eigenvalue weighted by Gasteiger charge is -2.19. The van der Waals surface area contributed by atoms with Gasteiger partial charge in [-0.2, -0.15) is 0 Å². The Morgan fingerprint density at radius 1 is 0.767 bits per heavy atom. The Morgan fingerprint density at radius 3 is 1.73 bits per heavy atom. The van der Waals surface area contributed by atoms with Crippen molar-refractivity contribution in [3.05, 3.63) is 104 Å². The first-order valence-corrected chi connectivity index (χ1v) is 9.42. The smallest absolute Gasteiger partial charge is 0.344 e.